The fourth-order valence-electron chi connectivity index (χ4n) is 2.43. The van der Waals surface area contributed by atoms with E-state index in [9.17, 15) is 4.79 Å². The van der Waals surface area contributed by atoms with Crippen molar-refractivity contribution >= 4 is 28.6 Å². The van der Waals surface area contributed by atoms with E-state index >= 15 is 0 Å². The van der Waals surface area contributed by atoms with Gasteiger partial charge in [0.2, 0.25) is 5.91 Å². The number of aryl methyl sites for hydroxylation is 2. The van der Waals surface area contributed by atoms with Crippen molar-refractivity contribution in [3.05, 3.63) is 73.4 Å². The highest BCUT2D eigenvalue weighted by atomic mass is 32.1. The number of benzene rings is 1. The maximum atomic E-state index is 12.0. The summed E-state index contributed by atoms with van der Waals surface area (Å²) in [6, 6.07) is 12.6. The van der Waals surface area contributed by atoms with Gasteiger partial charge < -0.3 is 5.32 Å². The van der Waals surface area contributed by atoms with Gasteiger partial charge in [0.15, 0.2) is 0 Å². The second kappa shape index (κ2) is 7.73. The number of hydrogen-bond donors (Lipinski definition) is 1. The summed E-state index contributed by atoms with van der Waals surface area (Å²) in [6.45, 7) is 4.64. The first-order chi connectivity index (χ1) is 11.6. The van der Waals surface area contributed by atoms with Crippen molar-refractivity contribution in [2.45, 2.75) is 33.2 Å². The highest BCUT2D eigenvalue weighted by Crippen LogP contribution is 2.22. The van der Waals surface area contributed by atoms with Crippen LogP contribution in [0.1, 0.15) is 31.6 Å². The number of nitrogens with zero attached hydrogens (tertiary/aromatic N) is 1. The number of nitrogens with one attached hydrogen (secondary N) is 1. The van der Waals surface area contributed by atoms with Crippen LogP contribution in [0.5, 0.6) is 0 Å². The molecule has 0 bridgehead atoms. The minimum Gasteiger partial charge on any atom is -0.349 e. The summed E-state index contributed by atoms with van der Waals surface area (Å²) in [5, 5.41) is 5.92. The van der Waals surface area contributed by atoms with Crippen LogP contribution in [0, 0.1) is 13.8 Å². The number of carbonyl (C=O) groups is 1. The summed E-state index contributed by atoms with van der Waals surface area (Å²) >= 11 is 3.29. The molecule has 1 amide bonds. The molecule has 3 aromatic rings. The Labute approximate surface area is 150 Å². The van der Waals surface area contributed by atoms with Crippen LogP contribution >= 0.6 is 22.7 Å². The van der Waals surface area contributed by atoms with Crippen molar-refractivity contribution in [2.24, 2.45) is 0 Å². The summed E-state index contributed by atoms with van der Waals surface area (Å²) < 4.78 is 0. The van der Waals surface area contributed by atoms with Gasteiger partial charge in [-0.05, 0) is 30.9 Å². The van der Waals surface area contributed by atoms with Gasteiger partial charge in [0.1, 0.15) is 5.01 Å². The smallest absolute Gasteiger partial charge is 0.225 e. The molecular weight excluding hydrogens is 336 g/mol. The van der Waals surface area contributed by atoms with Gasteiger partial charge in [-0.3, -0.25) is 4.79 Å². The third kappa shape index (κ3) is 4.52. The molecule has 0 radical (unpaired) electrons. The van der Waals surface area contributed by atoms with E-state index in [-0.39, 0.29) is 5.91 Å². The van der Waals surface area contributed by atoms with Gasteiger partial charge in [-0.25, -0.2) is 4.98 Å². The molecule has 0 atom stereocenters. The Balaban J connectivity index is 1.57. The average Bonchev–Trinajstić information content (AvgIpc) is 3.18. The number of amides is 1. The van der Waals surface area contributed by atoms with Gasteiger partial charge in [-0.1, -0.05) is 35.9 Å². The van der Waals surface area contributed by atoms with Gasteiger partial charge in [0, 0.05) is 16.2 Å². The minimum absolute atomic E-state index is 0.0467. The zero-order chi connectivity index (χ0) is 16.9. The molecule has 24 heavy (non-hydrogen) atoms. The second-order valence-corrected chi connectivity index (χ2v) is 8.01. The maximum Gasteiger partial charge on any atom is 0.225 e. The molecular formula is C19H20N2OS2. The van der Waals surface area contributed by atoms with Crippen LogP contribution in [0.25, 0.3) is 0 Å². The molecule has 3 rings (SSSR count). The molecule has 0 saturated carbocycles. The largest absolute Gasteiger partial charge is 0.349 e. The molecule has 3 nitrogen and oxygen atoms in total. The Morgan fingerprint density at radius 3 is 2.67 bits per heavy atom. The van der Waals surface area contributed by atoms with Crippen molar-refractivity contribution in [3.63, 3.8) is 0 Å². The lowest BCUT2D eigenvalue weighted by Gasteiger charge is -2.01. The molecule has 0 fully saturated rings. The third-order valence-corrected chi connectivity index (χ3v) is 5.81. The molecule has 2 aromatic heterocycles. The molecule has 0 aliphatic rings. The monoisotopic (exact) mass is 356 g/mol. The van der Waals surface area contributed by atoms with E-state index in [1.165, 1.54) is 16.0 Å². The van der Waals surface area contributed by atoms with Crippen LogP contribution in [0.15, 0.2) is 41.8 Å². The van der Waals surface area contributed by atoms with E-state index in [4.69, 9.17) is 0 Å². The van der Waals surface area contributed by atoms with Gasteiger partial charge >= 0.3 is 0 Å². The van der Waals surface area contributed by atoms with Gasteiger partial charge in [-0.15, -0.1) is 22.7 Å². The summed E-state index contributed by atoms with van der Waals surface area (Å²) in [7, 11) is 0. The predicted octanol–water partition coefficient (Wildman–Crippen LogP) is 4.27. The first kappa shape index (κ1) is 16.9. The number of thiophene rings is 1. The first-order valence-electron chi connectivity index (χ1n) is 7.90. The first-order valence-corrected chi connectivity index (χ1v) is 9.59. The fourth-order valence-corrected chi connectivity index (χ4v) is 4.17. The molecule has 124 valence electrons. The number of hydrogen-bond acceptors (Lipinski definition) is 4. The normalized spacial score (nSPS) is 10.8. The molecule has 1 N–H and O–H groups in total. The molecule has 0 aliphatic carbocycles. The standard InChI is InChI=1S/C19H20N2OS2/c1-13-5-7-15(8-6-13)10-17-14(2)21-19(24-17)12-20-18(22)11-16-4-3-9-23-16/h3-9H,10-12H2,1-2H3,(H,20,22). The van der Waals surface area contributed by atoms with E-state index in [0.29, 0.717) is 13.0 Å². The predicted molar refractivity (Wildman–Crippen MR) is 101 cm³/mol. The van der Waals surface area contributed by atoms with Crippen LogP contribution < -0.4 is 5.32 Å². The van der Waals surface area contributed by atoms with E-state index in [1.807, 2.05) is 24.4 Å². The van der Waals surface area contributed by atoms with Crippen LogP contribution in [0.2, 0.25) is 0 Å². The Morgan fingerprint density at radius 1 is 1.17 bits per heavy atom. The quantitative estimate of drug-likeness (QED) is 0.716. The Morgan fingerprint density at radius 2 is 1.96 bits per heavy atom. The molecule has 0 saturated heterocycles. The molecule has 0 unspecified atom stereocenters. The molecule has 2 heterocycles. The van der Waals surface area contributed by atoms with Crippen LogP contribution in [0.4, 0.5) is 0 Å². The van der Waals surface area contributed by atoms with E-state index in [1.54, 1.807) is 22.7 Å². The van der Waals surface area contributed by atoms with Gasteiger partial charge in [0.05, 0.1) is 18.7 Å². The van der Waals surface area contributed by atoms with Gasteiger partial charge in [0.25, 0.3) is 0 Å². The van der Waals surface area contributed by atoms with Crippen LogP contribution in [0.3, 0.4) is 0 Å². The second-order valence-electron chi connectivity index (χ2n) is 5.81. The van der Waals surface area contributed by atoms with Crippen molar-refractivity contribution < 1.29 is 4.79 Å². The average molecular weight is 357 g/mol. The lowest BCUT2D eigenvalue weighted by atomic mass is 10.1. The van der Waals surface area contributed by atoms with Crippen LogP contribution in [-0.4, -0.2) is 10.9 Å². The SMILES string of the molecule is Cc1ccc(Cc2sc(CNC(=O)Cc3cccs3)nc2C)cc1. The molecule has 1 aromatic carbocycles. The Bertz CT molecular complexity index is 805. The minimum atomic E-state index is 0.0467. The highest BCUT2D eigenvalue weighted by molar-refractivity contribution is 7.11. The van der Waals surface area contributed by atoms with Crippen molar-refractivity contribution in [1.29, 1.82) is 0 Å². The molecule has 0 aliphatic heterocycles. The summed E-state index contributed by atoms with van der Waals surface area (Å²) in [5.41, 5.74) is 3.62. The van der Waals surface area contributed by atoms with Gasteiger partial charge in [-0.2, -0.15) is 0 Å². The number of thiazole rings is 1. The summed E-state index contributed by atoms with van der Waals surface area (Å²) in [4.78, 5) is 18.9. The fraction of sp³-hybridized carbons (Fsp3) is 0.263. The van der Waals surface area contributed by atoms with E-state index in [0.717, 1.165) is 22.0 Å². The lowest BCUT2D eigenvalue weighted by molar-refractivity contribution is -0.120. The third-order valence-electron chi connectivity index (χ3n) is 3.77. The Kier molecular flexibility index (Phi) is 5.43. The number of rotatable bonds is 6. The number of aromatic nitrogens is 1. The highest BCUT2D eigenvalue weighted by Gasteiger charge is 2.10. The summed E-state index contributed by atoms with van der Waals surface area (Å²) in [5.74, 6) is 0.0467. The van der Waals surface area contributed by atoms with Crippen molar-refractivity contribution in [2.75, 3.05) is 0 Å². The Hall–Kier alpha value is -1.98. The zero-order valence-corrected chi connectivity index (χ0v) is 15.5. The summed E-state index contributed by atoms with van der Waals surface area (Å²) in [6.07, 6.45) is 1.34. The van der Waals surface area contributed by atoms with Crippen LogP contribution in [-0.2, 0) is 24.2 Å². The topological polar surface area (TPSA) is 42.0 Å². The number of carbonyl (C=O) groups excluding carboxylic acids is 1. The van der Waals surface area contributed by atoms with Crippen molar-refractivity contribution in [3.8, 4) is 0 Å². The van der Waals surface area contributed by atoms with E-state index < -0.39 is 0 Å². The molecule has 0 spiro atoms. The van der Waals surface area contributed by atoms with E-state index in [2.05, 4.69) is 41.5 Å². The zero-order valence-electron chi connectivity index (χ0n) is 13.8. The lowest BCUT2D eigenvalue weighted by Crippen LogP contribution is -2.24. The van der Waals surface area contributed by atoms with Crippen molar-refractivity contribution in [1.82, 2.24) is 10.3 Å². The maximum absolute atomic E-state index is 12.0. The molecule has 5 heteroatoms.